The quantitative estimate of drug-likeness (QED) is 0.457. The molecule has 5 rings (SSSR count). The Morgan fingerprint density at radius 1 is 1.16 bits per heavy atom. The van der Waals surface area contributed by atoms with Gasteiger partial charge in [0.1, 0.15) is 0 Å². The normalized spacial score (nSPS) is 14.6. The molecule has 162 valence electrons. The number of aromatic nitrogens is 6. The second-order valence-corrected chi connectivity index (χ2v) is 8.36. The van der Waals surface area contributed by atoms with E-state index in [9.17, 15) is 0 Å². The summed E-state index contributed by atoms with van der Waals surface area (Å²) in [5.74, 6) is 1.72. The zero-order valence-corrected chi connectivity index (χ0v) is 18.2. The third kappa shape index (κ3) is 3.60. The van der Waals surface area contributed by atoms with Crippen LogP contribution in [-0.4, -0.2) is 29.4 Å². The van der Waals surface area contributed by atoms with Gasteiger partial charge in [-0.3, -0.25) is 4.68 Å². The molecule has 2 N–H and O–H groups in total. The summed E-state index contributed by atoms with van der Waals surface area (Å²) in [5, 5.41) is 9.20. The molecular weight excluding hydrogens is 400 g/mol. The van der Waals surface area contributed by atoms with Gasteiger partial charge in [0.25, 0.3) is 0 Å². The summed E-state index contributed by atoms with van der Waals surface area (Å²) in [4.78, 5) is 13.3. The molecule has 8 heteroatoms. The number of nitrogen functional groups attached to an aromatic ring is 1. The van der Waals surface area contributed by atoms with Crippen LogP contribution in [0.3, 0.4) is 0 Å². The third-order valence-electron chi connectivity index (χ3n) is 6.27. The number of nitrogens with two attached hydrogens (primary N) is 1. The van der Waals surface area contributed by atoms with Crippen LogP contribution < -0.4 is 5.73 Å². The second kappa shape index (κ2) is 8.42. The summed E-state index contributed by atoms with van der Waals surface area (Å²) in [5.41, 5.74) is 10.9. The van der Waals surface area contributed by atoms with Crippen LogP contribution in [0.2, 0.25) is 0 Å². The van der Waals surface area contributed by atoms with Gasteiger partial charge >= 0.3 is 0 Å². The fraction of sp³-hybridized carbons (Fsp3) is 0.375. The molecule has 0 amide bonds. The minimum atomic E-state index is 0.289. The molecule has 0 radical (unpaired) electrons. The number of hydrogen-bond acceptors (Lipinski definition) is 5. The van der Waals surface area contributed by atoms with Gasteiger partial charge in [-0.25, -0.2) is 14.8 Å². The molecule has 3 aromatic heterocycles. The number of aryl methyl sites for hydroxylation is 1. The monoisotopic (exact) mass is 426 g/mol. The van der Waals surface area contributed by atoms with Crippen LogP contribution in [0.5, 0.6) is 0 Å². The van der Waals surface area contributed by atoms with E-state index < -0.39 is 0 Å². The predicted molar refractivity (Wildman–Crippen MR) is 124 cm³/mol. The first-order valence-electron chi connectivity index (χ1n) is 11.2. The highest BCUT2D eigenvalue weighted by Gasteiger charge is 2.23. The topological polar surface area (TPSA) is 91.3 Å². The number of anilines is 1. The van der Waals surface area contributed by atoms with Crippen molar-refractivity contribution in [3.63, 3.8) is 0 Å². The van der Waals surface area contributed by atoms with Gasteiger partial charge in [-0.1, -0.05) is 50.3 Å². The molecule has 0 bridgehead atoms. The van der Waals surface area contributed by atoms with E-state index in [0.29, 0.717) is 29.5 Å². The summed E-state index contributed by atoms with van der Waals surface area (Å²) in [6.07, 6.45) is 8.99. The predicted octanol–water partition coefficient (Wildman–Crippen LogP) is 4.93. The Bertz CT molecular complexity index is 1300. The van der Waals surface area contributed by atoms with Crippen molar-refractivity contribution >= 4 is 17.3 Å². The van der Waals surface area contributed by atoms with Crippen molar-refractivity contribution in [1.82, 2.24) is 29.4 Å². The first kappa shape index (κ1) is 20.2. The zero-order chi connectivity index (χ0) is 22.1. The average Bonchev–Trinajstić information content (AvgIpc) is 3.47. The maximum absolute atomic E-state index is 7.40. The maximum Gasteiger partial charge on any atom is 0.223 e. The Morgan fingerprint density at radius 3 is 2.78 bits per heavy atom. The Balaban J connectivity index is 1.72. The lowest BCUT2D eigenvalue weighted by Crippen LogP contribution is -2.10. The minimum absolute atomic E-state index is 0.289. The Hall–Kier alpha value is -3.73. The van der Waals surface area contributed by atoms with Crippen molar-refractivity contribution in [3.05, 3.63) is 53.8 Å². The van der Waals surface area contributed by atoms with Crippen molar-refractivity contribution in [3.8, 4) is 22.5 Å². The molecule has 4 aromatic rings. The van der Waals surface area contributed by atoms with E-state index in [1.54, 1.807) is 16.8 Å². The van der Waals surface area contributed by atoms with Crippen molar-refractivity contribution in [2.24, 2.45) is 5.92 Å². The standard InChI is InChI=1S/C24H26N8/c1-3-31-19(12-13-27-31)21-22(17-10-7-11-18(15-17)26-2)29-24(25)32-23(21)28-20(30-32)14-16-8-5-4-6-9-16/h7,10-13,15-16H,3-6,8-9,14H2,1H3,(H2,25,29). The number of hydrogen-bond donors (Lipinski definition) is 1. The van der Waals surface area contributed by atoms with Crippen molar-refractivity contribution in [2.75, 3.05) is 5.73 Å². The first-order valence-corrected chi connectivity index (χ1v) is 11.2. The molecule has 0 aliphatic heterocycles. The van der Waals surface area contributed by atoms with Gasteiger partial charge in [0.15, 0.2) is 17.2 Å². The molecular formula is C24H26N8. The van der Waals surface area contributed by atoms with E-state index in [1.807, 2.05) is 28.9 Å². The highest BCUT2D eigenvalue weighted by Crippen LogP contribution is 2.36. The Labute approximate surface area is 186 Å². The summed E-state index contributed by atoms with van der Waals surface area (Å²) in [6.45, 7) is 10.2. The molecule has 32 heavy (non-hydrogen) atoms. The van der Waals surface area contributed by atoms with Crippen LogP contribution in [-0.2, 0) is 13.0 Å². The lowest BCUT2D eigenvalue weighted by Gasteiger charge is -2.19. The van der Waals surface area contributed by atoms with Crippen LogP contribution in [0, 0.1) is 12.5 Å². The third-order valence-corrected chi connectivity index (χ3v) is 6.27. The van der Waals surface area contributed by atoms with Gasteiger partial charge in [0, 0.05) is 19.2 Å². The van der Waals surface area contributed by atoms with Crippen LogP contribution in [0.15, 0.2) is 36.5 Å². The molecule has 0 saturated heterocycles. The Morgan fingerprint density at radius 2 is 2.00 bits per heavy atom. The van der Waals surface area contributed by atoms with Crippen molar-refractivity contribution in [1.29, 1.82) is 0 Å². The SMILES string of the molecule is [C-]#[N+]c1cccc(-c2nc(N)n3nc(CC4CCCCC4)nc3c2-c2ccnn2CC)c1. The highest BCUT2D eigenvalue weighted by atomic mass is 15.4. The number of benzene rings is 1. The second-order valence-electron chi connectivity index (χ2n) is 8.36. The molecule has 0 spiro atoms. The molecule has 1 saturated carbocycles. The van der Waals surface area contributed by atoms with E-state index in [1.165, 1.54) is 32.1 Å². The molecule has 0 unspecified atom stereocenters. The van der Waals surface area contributed by atoms with Crippen molar-refractivity contribution < 1.29 is 0 Å². The van der Waals surface area contributed by atoms with E-state index >= 15 is 0 Å². The summed E-state index contributed by atoms with van der Waals surface area (Å²) in [6, 6.07) is 9.40. The Kier molecular flexibility index (Phi) is 5.31. The zero-order valence-electron chi connectivity index (χ0n) is 18.2. The summed E-state index contributed by atoms with van der Waals surface area (Å²) in [7, 11) is 0. The van der Waals surface area contributed by atoms with Crippen LogP contribution in [0.1, 0.15) is 44.9 Å². The number of fused-ring (bicyclic) bond motifs is 1. The van der Waals surface area contributed by atoms with Gasteiger partial charge in [0.05, 0.1) is 23.5 Å². The molecule has 1 aliphatic rings. The summed E-state index contributed by atoms with van der Waals surface area (Å²) >= 11 is 0. The van der Waals surface area contributed by atoms with Gasteiger partial charge in [-0.15, -0.1) is 5.10 Å². The fourth-order valence-corrected chi connectivity index (χ4v) is 4.70. The number of nitrogens with zero attached hydrogens (tertiary/aromatic N) is 7. The fourth-order valence-electron chi connectivity index (χ4n) is 4.70. The minimum Gasteiger partial charge on any atom is -0.368 e. The van der Waals surface area contributed by atoms with Crippen molar-refractivity contribution in [2.45, 2.75) is 52.0 Å². The van der Waals surface area contributed by atoms with Crippen LogP contribution in [0.4, 0.5) is 11.6 Å². The lowest BCUT2D eigenvalue weighted by molar-refractivity contribution is 0.351. The van der Waals surface area contributed by atoms with E-state index in [-0.39, 0.29) is 5.95 Å². The largest absolute Gasteiger partial charge is 0.368 e. The highest BCUT2D eigenvalue weighted by molar-refractivity contribution is 5.90. The van der Waals surface area contributed by atoms with E-state index in [4.69, 9.17) is 27.4 Å². The molecule has 1 aromatic carbocycles. The van der Waals surface area contributed by atoms with Gasteiger partial charge in [-0.2, -0.15) is 9.61 Å². The smallest absolute Gasteiger partial charge is 0.223 e. The molecule has 8 nitrogen and oxygen atoms in total. The van der Waals surface area contributed by atoms with E-state index in [2.05, 4.69) is 16.9 Å². The number of rotatable bonds is 5. The van der Waals surface area contributed by atoms with E-state index in [0.717, 1.165) is 29.1 Å². The molecule has 1 fully saturated rings. The molecule has 3 heterocycles. The lowest BCUT2D eigenvalue weighted by atomic mass is 9.87. The van der Waals surface area contributed by atoms with Gasteiger partial charge in [-0.05, 0) is 30.5 Å². The summed E-state index contributed by atoms with van der Waals surface area (Å²) < 4.78 is 3.58. The molecule has 1 aliphatic carbocycles. The van der Waals surface area contributed by atoms with Crippen LogP contribution >= 0.6 is 0 Å². The maximum atomic E-state index is 7.40. The first-order chi connectivity index (χ1) is 15.7. The average molecular weight is 427 g/mol. The van der Waals surface area contributed by atoms with Gasteiger partial charge < -0.3 is 5.73 Å². The van der Waals surface area contributed by atoms with Crippen LogP contribution in [0.25, 0.3) is 33.0 Å². The molecule has 0 atom stereocenters. The van der Waals surface area contributed by atoms with Gasteiger partial charge in [0.2, 0.25) is 5.95 Å².